The Bertz CT molecular complexity index is 550. The van der Waals surface area contributed by atoms with Crippen LogP contribution in [0.4, 0.5) is 0 Å². The lowest BCUT2D eigenvalue weighted by molar-refractivity contribution is -0.138. The number of phenolic OH excluding ortho intramolecular Hbond substituents is 1. The zero-order valence-corrected chi connectivity index (χ0v) is 11.7. The fraction of sp³-hybridized carbons (Fsp3) is 0.588. The maximum absolute atomic E-state index is 12.5. The summed E-state index contributed by atoms with van der Waals surface area (Å²) in [5.74, 6) is 1.68. The molecule has 2 fully saturated rings. The van der Waals surface area contributed by atoms with Gasteiger partial charge in [-0.1, -0.05) is 6.07 Å². The van der Waals surface area contributed by atoms with E-state index in [1.807, 2.05) is 12.1 Å². The highest BCUT2D eigenvalue weighted by atomic mass is 16.3. The fourth-order valence-electron chi connectivity index (χ4n) is 4.00. The second kappa shape index (κ2) is 4.51. The van der Waals surface area contributed by atoms with Crippen LogP contribution in [0.15, 0.2) is 18.2 Å². The summed E-state index contributed by atoms with van der Waals surface area (Å²) in [6.45, 7) is 0.948. The molecule has 1 saturated heterocycles. The number of hydrogen-bond acceptors (Lipinski definition) is 2. The first kappa shape index (κ1) is 12.2. The van der Waals surface area contributed by atoms with Crippen molar-refractivity contribution in [2.75, 3.05) is 6.54 Å². The van der Waals surface area contributed by atoms with E-state index in [1.165, 1.54) is 17.5 Å². The molecule has 2 atom stereocenters. The predicted molar refractivity (Wildman–Crippen MR) is 76.5 cm³/mol. The van der Waals surface area contributed by atoms with E-state index >= 15 is 0 Å². The highest BCUT2D eigenvalue weighted by molar-refractivity contribution is 5.81. The molecule has 3 aliphatic rings. The normalized spacial score (nSPS) is 28.7. The molecule has 3 heteroatoms. The maximum atomic E-state index is 12.5. The highest BCUT2D eigenvalue weighted by Gasteiger charge is 2.42. The number of nitrogens with zero attached hydrogens (tertiary/aromatic N) is 1. The Labute approximate surface area is 119 Å². The van der Waals surface area contributed by atoms with Crippen LogP contribution in [-0.4, -0.2) is 28.5 Å². The first-order valence-electron chi connectivity index (χ1n) is 7.83. The standard InChI is InChI=1S/C17H21NO2/c19-15-6-5-12-10-16-13(8-14(12)9-15)2-1-7-18(16)17(20)11-3-4-11/h5-6,9,11,13,16,19H,1-4,7-8,10H2/t13-,16+/m0/s1. The molecule has 1 aliphatic heterocycles. The SMILES string of the molecule is O=C(C1CC1)N1CCC[C@H]2Cc3cc(O)ccc3C[C@H]21. The molecule has 0 unspecified atom stereocenters. The first-order valence-corrected chi connectivity index (χ1v) is 7.83. The summed E-state index contributed by atoms with van der Waals surface area (Å²) >= 11 is 0. The summed E-state index contributed by atoms with van der Waals surface area (Å²) in [5.41, 5.74) is 2.60. The molecular weight excluding hydrogens is 250 g/mol. The fourth-order valence-corrected chi connectivity index (χ4v) is 4.00. The van der Waals surface area contributed by atoms with Crippen molar-refractivity contribution in [2.45, 2.75) is 44.6 Å². The van der Waals surface area contributed by atoms with Crippen molar-refractivity contribution in [3.63, 3.8) is 0 Å². The Hall–Kier alpha value is -1.51. The van der Waals surface area contributed by atoms with E-state index in [-0.39, 0.29) is 0 Å². The van der Waals surface area contributed by atoms with Gasteiger partial charge in [-0.25, -0.2) is 0 Å². The van der Waals surface area contributed by atoms with E-state index in [2.05, 4.69) is 4.90 Å². The van der Waals surface area contributed by atoms with Crippen molar-refractivity contribution in [1.82, 2.24) is 4.90 Å². The topological polar surface area (TPSA) is 40.5 Å². The van der Waals surface area contributed by atoms with Gasteiger partial charge in [-0.15, -0.1) is 0 Å². The third-order valence-electron chi connectivity index (χ3n) is 5.23. The van der Waals surface area contributed by atoms with Crippen molar-refractivity contribution < 1.29 is 9.90 Å². The maximum Gasteiger partial charge on any atom is 0.225 e. The van der Waals surface area contributed by atoms with E-state index < -0.39 is 0 Å². The lowest BCUT2D eigenvalue weighted by Gasteiger charge is -2.44. The monoisotopic (exact) mass is 271 g/mol. The number of carbonyl (C=O) groups is 1. The van der Waals surface area contributed by atoms with Crippen molar-refractivity contribution in [3.8, 4) is 5.75 Å². The first-order chi connectivity index (χ1) is 9.72. The van der Waals surface area contributed by atoms with Gasteiger partial charge in [0.05, 0.1) is 0 Å². The summed E-state index contributed by atoms with van der Waals surface area (Å²) < 4.78 is 0. The molecule has 0 bridgehead atoms. The molecule has 1 N–H and O–H groups in total. The smallest absolute Gasteiger partial charge is 0.225 e. The highest BCUT2D eigenvalue weighted by Crippen LogP contribution is 2.39. The molecular formula is C17H21NO2. The van der Waals surface area contributed by atoms with Gasteiger partial charge in [0.1, 0.15) is 5.75 Å². The average Bonchev–Trinajstić information content (AvgIpc) is 3.28. The van der Waals surface area contributed by atoms with Gasteiger partial charge in [-0.3, -0.25) is 4.79 Å². The van der Waals surface area contributed by atoms with Gasteiger partial charge in [0.25, 0.3) is 0 Å². The number of carbonyl (C=O) groups excluding carboxylic acids is 1. The van der Waals surface area contributed by atoms with Crippen molar-refractivity contribution in [1.29, 1.82) is 0 Å². The van der Waals surface area contributed by atoms with Gasteiger partial charge in [0.15, 0.2) is 0 Å². The predicted octanol–water partition coefficient (Wildman–Crippen LogP) is 2.51. The molecule has 2 aliphatic carbocycles. The molecule has 20 heavy (non-hydrogen) atoms. The third-order valence-corrected chi connectivity index (χ3v) is 5.23. The van der Waals surface area contributed by atoms with Gasteiger partial charge in [0, 0.05) is 18.5 Å². The summed E-state index contributed by atoms with van der Waals surface area (Å²) in [5, 5.41) is 9.64. The summed E-state index contributed by atoms with van der Waals surface area (Å²) in [7, 11) is 0. The van der Waals surface area contributed by atoms with Crippen LogP contribution in [0.1, 0.15) is 36.8 Å². The van der Waals surface area contributed by atoms with Crippen LogP contribution in [-0.2, 0) is 17.6 Å². The Morgan fingerprint density at radius 3 is 2.80 bits per heavy atom. The van der Waals surface area contributed by atoms with E-state index in [0.717, 1.165) is 38.6 Å². The lowest BCUT2D eigenvalue weighted by atomic mass is 9.75. The molecule has 4 rings (SSSR count). The summed E-state index contributed by atoms with van der Waals surface area (Å²) in [6, 6.07) is 6.12. The van der Waals surface area contributed by atoms with Crippen LogP contribution < -0.4 is 0 Å². The molecule has 3 nitrogen and oxygen atoms in total. The van der Waals surface area contributed by atoms with Crippen LogP contribution >= 0.6 is 0 Å². The zero-order valence-electron chi connectivity index (χ0n) is 11.7. The average molecular weight is 271 g/mol. The van der Waals surface area contributed by atoms with Crippen LogP contribution in [0.2, 0.25) is 0 Å². The molecule has 1 heterocycles. The Balaban J connectivity index is 1.62. The molecule has 106 valence electrons. The second-order valence-corrected chi connectivity index (χ2v) is 6.64. The number of fused-ring (bicyclic) bond motifs is 2. The molecule has 1 amide bonds. The molecule has 1 saturated carbocycles. The lowest BCUT2D eigenvalue weighted by Crippen LogP contribution is -2.52. The van der Waals surface area contributed by atoms with Crippen LogP contribution in [0, 0.1) is 11.8 Å². The molecule has 0 radical (unpaired) electrons. The Morgan fingerprint density at radius 1 is 1.15 bits per heavy atom. The summed E-state index contributed by atoms with van der Waals surface area (Å²) in [6.07, 6.45) is 6.53. The number of amides is 1. The molecule has 1 aromatic carbocycles. The van der Waals surface area contributed by atoms with E-state index in [9.17, 15) is 9.90 Å². The number of benzene rings is 1. The molecule has 0 aromatic heterocycles. The van der Waals surface area contributed by atoms with Crippen molar-refractivity contribution in [2.24, 2.45) is 11.8 Å². The Kier molecular flexibility index (Phi) is 2.76. The van der Waals surface area contributed by atoms with Crippen molar-refractivity contribution >= 4 is 5.91 Å². The second-order valence-electron chi connectivity index (χ2n) is 6.64. The quantitative estimate of drug-likeness (QED) is 0.852. The van der Waals surface area contributed by atoms with E-state index in [1.54, 1.807) is 6.07 Å². The number of likely N-dealkylation sites (tertiary alicyclic amines) is 1. The van der Waals surface area contributed by atoms with Gasteiger partial charge < -0.3 is 10.0 Å². The molecule has 0 spiro atoms. The Morgan fingerprint density at radius 2 is 2.00 bits per heavy atom. The van der Waals surface area contributed by atoms with Gasteiger partial charge in [-0.05, 0) is 67.7 Å². The van der Waals surface area contributed by atoms with E-state index in [0.29, 0.717) is 29.5 Å². The largest absolute Gasteiger partial charge is 0.508 e. The number of aromatic hydroxyl groups is 1. The summed E-state index contributed by atoms with van der Waals surface area (Å²) in [4.78, 5) is 14.6. The minimum absolute atomic E-state index is 0.329. The number of hydrogen-bond donors (Lipinski definition) is 1. The van der Waals surface area contributed by atoms with Crippen LogP contribution in [0.25, 0.3) is 0 Å². The van der Waals surface area contributed by atoms with Crippen LogP contribution in [0.5, 0.6) is 5.75 Å². The van der Waals surface area contributed by atoms with Gasteiger partial charge >= 0.3 is 0 Å². The van der Waals surface area contributed by atoms with Gasteiger partial charge in [0.2, 0.25) is 5.91 Å². The van der Waals surface area contributed by atoms with Gasteiger partial charge in [-0.2, -0.15) is 0 Å². The van der Waals surface area contributed by atoms with E-state index in [4.69, 9.17) is 0 Å². The molecule has 1 aromatic rings. The zero-order chi connectivity index (χ0) is 13.7. The minimum atomic E-state index is 0.329. The number of piperidine rings is 1. The number of phenols is 1. The third kappa shape index (κ3) is 2.00. The number of rotatable bonds is 1. The minimum Gasteiger partial charge on any atom is -0.508 e. The van der Waals surface area contributed by atoms with Crippen molar-refractivity contribution in [3.05, 3.63) is 29.3 Å². The van der Waals surface area contributed by atoms with Crippen LogP contribution in [0.3, 0.4) is 0 Å².